The third-order valence-electron chi connectivity index (χ3n) is 3.05. The molecule has 0 bridgehead atoms. The Bertz CT molecular complexity index is 535. The summed E-state index contributed by atoms with van der Waals surface area (Å²) >= 11 is 24.6. The highest BCUT2D eigenvalue weighted by atomic mass is 35.5. The van der Waals surface area contributed by atoms with Gasteiger partial charge in [-0.1, -0.05) is 58.5 Å². The Labute approximate surface area is 137 Å². The van der Waals surface area contributed by atoms with Crippen LogP contribution in [0.1, 0.15) is 23.2 Å². The Hall–Kier alpha value is -0.480. The van der Waals surface area contributed by atoms with Crippen molar-refractivity contribution in [3.63, 3.8) is 0 Å². The smallest absolute Gasteiger partial charge is 0.0521 e. The molecule has 20 heavy (non-hydrogen) atoms. The van der Waals surface area contributed by atoms with Crippen LogP contribution in [-0.4, -0.2) is 0 Å². The summed E-state index contributed by atoms with van der Waals surface area (Å²) in [5, 5.41) is 1.85. The average Bonchev–Trinajstić information content (AvgIpc) is 2.37. The van der Waals surface area contributed by atoms with Gasteiger partial charge in [-0.3, -0.25) is 0 Å². The van der Waals surface area contributed by atoms with E-state index < -0.39 is 12.1 Å². The highest BCUT2D eigenvalue weighted by Crippen LogP contribution is 2.38. The van der Waals surface area contributed by atoms with Gasteiger partial charge < -0.3 is 11.5 Å². The second-order valence-electron chi connectivity index (χ2n) is 4.32. The summed E-state index contributed by atoms with van der Waals surface area (Å²) in [7, 11) is 0. The molecular weight excluding hydrogens is 338 g/mol. The van der Waals surface area contributed by atoms with Crippen LogP contribution in [0.15, 0.2) is 36.4 Å². The summed E-state index contributed by atoms with van der Waals surface area (Å²) in [5.41, 5.74) is 13.6. The van der Waals surface area contributed by atoms with Crippen molar-refractivity contribution in [3.05, 3.63) is 67.6 Å². The van der Waals surface area contributed by atoms with Crippen molar-refractivity contribution in [3.8, 4) is 0 Å². The summed E-state index contributed by atoms with van der Waals surface area (Å²) in [6.07, 6.45) is 0. The standard InChI is InChI=1S/C14H12Cl4N2/c15-7-3-1-4-8(16)11(7)13(19)14(20)12-9(17)5-2-6-10(12)18/h1-6,13-14H,19-20H2. The molecule has 2 unspecified atom stereocenters. The van der Waals surface area contributed by atoms with Gasteiger partial charge in [0.2, 0.25) is 0 Å². The molecule has 0 aliphatic rings. The molecule has 0 amide bonds. The minimum atomic E-state index is -0.617. The maximum absolute atomic E-state index is 6.20. The zero-order chi connectivity index (χ0) is 14.9. The van der Waals surface area contributed by atoms with Crippen LogP contribution in [0.25, 0.3) is 0 Å². The number of hydrogen-bond acceptors (Lipinski definition) is 2. The predicted octanol–water partition coefficient (Wildman–Crippen LogP) is 5.00. The molecule has 0 heterocycles. The lowest BCUT2D eigenvalue weighted by Crippen LogP contribution is -2.27. The van der Waals surface area contributed by atoms with Crippen molar-refractivity contribution in [1.82, 2.24) is 0 Å². The van der Waals surface area contributed by atoms with E-state index in [1.54, 1.807) is 36.4 Å². The van der Waals surface area contributed by atoms with Gasteiger partial charge in [0, 0.05) is 31.2 Å². The second kappa shape index (κ2) is 6.52. The Morgan fingerprint density at radius 1 is 0.600 bits per heavy atom. The maximum Gasteiger partial charge on any atom is 0.0521 e. The van der Waals surface area contributed by atoms with Gasteiger partial charge in [0.05, 0.1) is 12.1 Å². The quantitative estimate of drug-likeness (QED) is 0.819. The molecule has 0 saturated carbocycles. The normalized spacial score (nSPS) is 14.1. The minimum Gasteiger partial charge on any atom is -0.322 e. The lowest BCUT2D eigenvalue weighted by atomic mass is 9.94. The van der Waals surface area contributed by atoms with Crippen molar-refractivity contribution in [2.45, 2.75) is 12.1 Å². The number of halogens is 4. The first-order valence-corrected chi connectivity index (χ1v) is 7.33. The SMILES string of the molecule is NC(c1c(Cl)cccc1Cl)C(N)c1c(Cl)cccc1Cl. The maximum atomic E-state index is 6.20. The average molecular weight is 350 g/mol. The Morgan fingerprint density at radius 2 is 0.850 bits per heavy atom. The molecular formula is C14H12Cl4N2. The van der Waals surface area contributed by atoms with Gasteiger partial charge in [-0.15, -0.1) is 0 Å². The summed E-state index contributed by atoms with van der Waals surface area (Å²) in [4.78, 5) is 0. The van der Waals surface area contributed by atoms with Crippen molar-refractivity contribution in [1.29, 1.82) is 0 Å². The first-order chi connectivity index (χ1) is 9.43. The van der Waals surface area contributed by atoms with Crippen LogP contribution in [-0.2, 0) is 0 Å². The Kier molecular flexibility index (Phi) is 5.19. The number of nitrogens with two attached hydrogens (primary N) is 2. The Balaban J connectivity index is 2.46. The number of benzene rings is 2. The van der Waals surface area contributed by atoms with Crippen LogP contribution in [0.4, 0.5) is 0 Å². The predicted molar refractivity (Wildman–Crippen MR) is 86.8 cm³/mol. The fraction of sp³-hybridized carbons (Fsp3) is 0.143. The zero-order valence-electron chi connectivity index (χ0n) is 10.3. The van der Waals surface area contributed by atoms with Crippen molar-refractivity contribution in [2.24, 2.45) is 11.5 Å². The van der Waals surface area contributed by atoms with Crippen molar-refractivity contribution in [2.75, 3.05) is 0 Å². The van der Waals surface area contributed by atoms with E-state index in [-0.39, 0.29) is 0 Å². The third kappa shape index (κ3) is 3.06. The molecule has 0 radical (unpaired) electrons. The van der Waals surface area contributed by atoms with E-state index in [2.05, 4.69) is 0 Å². The molecule has 0 aliphatic carbocycles. The van der Waals surface area contributed by atoms with Crippen LogP contribution in [0.2, 0.25) is 20.1 Å². The molecule has 0 saturated heterocycles. The molecule has 2 nitrogen and oxygen atoms in total. The minimum absolute atomic E-state index is 0.462. The first kappa shape index (κ1) is 15.9. The lowest BCUT2D eigenvalue weighted by Gasteiger charge is -2.24. The van der Waals surface area contributed by atoms with Gasteiger partial charge in [0.1, 0.15) is 0 Å². The van der Waals surface area contributed by atoms with E-state index in [9.17, 15) is 0 Å². The first-order valence-electron chi connectivity index (χ1n) is 5.82. The van der Waals surface area contributed by atoms with E-state index in [0.717, 1.165) is 0 Å². The molecule has 2 aromatic rings. The van der Waals surface area contributed by atoms with E-state index in [1.807, 2.05) is 0 Å². The molecule has 0 spiro atoms. The van der Waals surface area contributed by atoms with Gasteiger partial charge in [0.25, 0.3) is 0 Å². The summed E-state index contributed by atoms with van der Waals surface area (Å²) < 4.78 is 0. The highest BCUT2D eigenvalue weighted by Gasteiger charge is 2.25. The topological polar surface area (TPSA) is 52.0 Å². The highest BCUT2D eigenvalue weighted by molar-refractivity contribution is 6.37. The van der Waals surface area contributed by atoms with E-state index in [0.29, 0.717) is 31.2 Å². The van der Waals surface area contributed by atoms with Crippen LogP contribution in [0.5, 0.6) is 0 Å². The van der Waals surface area contributed by atoms with E-state index >= 15 is 0 Å². The molecule has 6 heteroatoms. The van der Waals surface area contributed by atoms with E-state index in [1.165, 1.54) is 0 Å². The summed E-state index contributed by atoms with van der Waals surface area (Å²) in [6, 6.07) is 9.10. The van der Waals surface area contributed by atoms with Crippen LogP contribution in [0.3, 0.4) is 0 Å². The molecule has 2 atom stereocenters. The second-order valence-corrected chi connectivity index (χ2v) is 5.95. The lowest BCUT2D eigenvalue weighted by molar-refractivity contribution is 0.575. The zero-order valence-corrected chi connectivity index (χ0v) is 13.3. The monoisotopic (exact) mass is 348 g/mol. The largest absolute Gasteiger partial charge is 0.322 e. The molecule has 2 rings (SSSR count). The van der Waals surface area contributed by atoms with Gasteiger partial charge >= 0.3 is 0 Å². The fourth-order valence-corrected chi connectivity index (χ4v) is 3.32. The Morgan fingerprint density at radius 3 is 1.10 bits per heavy atom. The van der Waals surface area contributed by atoms with E-state index in [4.69, 9.17) is 57.9 Å². The van der Waals surface area contributed by atoms with Crippen LogP contribution >= 0.6 is 46.4 Å². The van der Waals surface area contributed by atoms with Gasteiger partial charge in [-0.25, -0.2) is 0 Å². The van der Waals surface area contributed by atoms with Gasteiger partial charge in [-0.05, 0) is 24.3 Å². The van der Waals surface area contributed by atoms with Gasteiger partial charge in [0.15, 0.2) is 0 Å². The van der Waals surface area contributed by atoms with Crippen molar-refractivity contribution < 1.29 is 0 Å². The number of rotatable bonds is 3. The van der Waals surface area contributed by atoms with Crippen LogP contribution in [0, 0.1) is 0 Å². The molecule has 106 valence electrons. The molecule has 4 N–H and O–H groups in total. The van der Waals surface area contributed by atoms with Crippen molar-refractivity contribution >= 4 is 46.4 Å². The molecule has 0 aliphatic heterocycles. The molecule has 2 aromatic carbocycles. The number of hydrogen-bond donors (Lipinski definition) is 2. The summed E-state index contributed by atoms with van der Waals surface area (Å²) in [6.45, 7) is 0. The third-order valence-corrected chi connectivity index (χ3v) is 4.37. The van der Waals surface area contributed by atoms with Gasteiger partial charge in [-0.2, -0.15) is 0 Å². The van der Waals surface area contributed by atoms with Crippen LogP contribution < -0.4 is 11.5 Å². The fourth-order valence-electron chi connectivity index (χ4n) is 2.02. The summed E-state index contributed by atoms with van der Waals surface area (Å²) in [5.74, 6) is 0. The molecule has 0 aromatic heterocycles. The molecule has 0 fully saturated rings.